The third-order valence-corrected chi connectivity index (χ3v) is 9.14. The number of benzene rings is 4. The summed E-state index contributed by atoms with van der Waals surface area (Å²) in [6.07, 6.45) is 0. The Bertz CT molecular complexity index is 2570. The first-order valence-electron chi connectivity index (χ1n) is 13.1. The van der Waals surface area contributed by atoms with Gasteiger partial charge >= 0.3 is 6.03 Å². The van der Waals surface area contributed by atoms with E-state index in [1.165, 1.54) is 36.4 Å². The molecule has 1 aromatic heterocycles. The number of halogens is 1. The van der Waals surface area contributed by atoms with E-state index in [-0.39, 0.29) is 39.7 Å². The average molecular weight is 763 g/mol. The number of carbonyl (C=O) groups is 1. The molecule has 5 rings (SSSR count). The number of phenolic OH excluding ortho intramolecular Hbond substituents is 1. The first kappa shape index (κ1) is 35.7. The Balaban J connectivity index is 1.55. The Kier molecular flexibility index (Phi) is 9.57. The molecule has 0 aliphatic rings. The van der Waals surface area contributed by atoms with E-state index in [2.05, 4.69) is 41.1 Å². The van der Waals surface area contributed by atoms with Crippen molar-refractivity contribution in [3.05, 3.63) is 72.0 Å². The van der Waals surface area contributed by atoms with Crippen molar-refractivity contribution < 1.29 is 48.8 Å². The van der Waals surface area contributed by atoms with E-state index in [1.807, 2.05) is 0 Å². The van der Waals surface area contributed by atoms with E-state index >= 15 is 0 Å². The fourth-order valence-corrected chi connectivity index (χ4v) is 6.38. The van der Waals surface area contributed by atoms with Gasteiger partial charge in [0.2, 0.25) is 17.2 Å². The molecule has 20 nitrogen and oxygen atoms in total. The molecule has 0 fully saturated rings. The number of aromatic hydroxyl groups is 1. The van der Waals surface area contributed by atoms with Crippen LogP contribution >= 0.6 is 11.6 Å². The molecule has 5 aromatic rings. The second-order valence-electron chi connectivity index (χ2n) is 9.74. The van der Waals surface area contributed by atoms with Gasteiger partial charge in [0.25, 0.3) is 0 Å². The number of aromatic nitrogens is 3. The first-order valence-corrected chi connectivity index (χ1v) is 17.7. The number of azo groups is 1. The standard InChI is InChI=1S/C26H20ClN9O11S3/c27-23-32-25(34-26(33-23)31-16-3-1-2-4-18(16)48(39,40)41)30-14-6-8-19(49(42,43)44)17(11-14)35-36-21-20(50(45,46)47)10-12-9-13(29-24(28)38)5-7-15(12)22(21)37/h1-11,37H,(H3,28,29,38)(H,39,40,41)(H,42,43,44)(H,45,46,47)(H2,30,31,32,33,34)/p-3. The van der Waals surface area contributed by atoms with Gasteiger partial charge in [-0.15, -0.1) is 10.2 Å². The normalized spacial score (nSPS) is 12.2. The number of urea groups is 1. The number of nitrogens with one attached hydrogen (secondary N) is 3. The molecule has 0 atom stereocenters. The number of primary amides is 1. The molecule has 0 aliphatic heterocycles. The number of anilines is 5. The predicted octanol–water partition coefficient (Wildman–Crippen LogP) is 3.49. The van der Waals surface area contributed by atoms with Gasteiger partial charge in [-0.25, -0.2) is 30.0 Å². The summed E-state index contributed by atoms with van der Waals surface area (Å²) in [5, 5.41) is 25.0. The lowest BCUT2D eigenvalue weighted by molar-refractivity contribution is 0.259. The Morgan fingerprint density at radius 1 is 0.740 bits per heavy atom. The molecule has 0 unspecified atom stereocenters. The molecule has 0 aliphatic carbocycles. The third-order valence-electron chi connectivity index (χ3n) is 6.34. The Morgan fingerprint density at radius 2 is 1.36 bits per heavy atom. The summed E-state index contributed by atoms with van der Waals surface area (Å²) in [4.78, 5) is 20.2. The van der Waals surface area contributed by atoms with Crippen LogP contribution in [0.2, 0.25) is 5.28 Å². The quantitative estimate of drug-likeness (QED) is 0.100. The average Bonchev–Trinajstić information content (AvgIpc) is 2.98. The van der Waals surface area contributed by atoms with Gasteiger partial charge in [-0.1, -0.05) is 12.1 Å². The molecule has 4 aromatic carbocycles. The Hall–Kier alpha value is -5.56. The number of carbonyl (C=O) groups excluding carboxylic acids is 1. The summed E-state index contributed by atoms with van der Waals surface area (Å²) in [6.45, 7) is 0. The molecular formula is C26H17ClN9O11S3-3. The van der Waals surface area contributed by atoms with E-state index in [0.717, 1.165) is 30.3 Å². The highest BCUT2D eigenvalue weighted by atomic mass is 35.5. The van der Waals surface area contributed by atoms with Crippen molar-refractivity contribution in [2.75, 3.05) is 16.0 Å². The minimum Gasteiger partial charge on any atom is -0.744 e. The number of hydrogen-bond donors (Lipinski definition) is 5. The van der Waals surface area contributed by atoms with Gasteiger partial charge in [0.05, 0.1) is 20.4 Å². The van der Waals surface area contributed by atoms with Crippen molar-refractivity contribution in [1.82, 2.24) is 15.0 Å². The third kappa shape index (κ3) is 8.17. The van der Waals surface area contributed by atoms with E-state index in [0.29, 0.717) is 0 Å². The minimum atomic E-state index is -5.38. The lowest BCUT2D eigenvalue weighted by atomic mass is 10.1. The fraction of sp³-hybridized carbons (Fsp3) is 0. The van der Waals surface area contributed by atoms with Crippen molar-refractivity contribution in [3.8, 4) is 5.75 Å². The highest BCUT2D eigenvalue weighted by Crippen LogP contribution is 2.42. The summed E-state index contributed by atoms with van der Waals surface area (Å²) >= 11 is 5.99. The van der Waals surface area contributed by atoms with E-state index in [1.54, 1.807) is 0 Å². The van der Waals surface area contributed by atoms with Crippen LogP contribution in [0.15, 0.2) is 91.6 Å². The number of nitrogens with zero attached hydrogens (tertiary/aromatic N) is 5. The van der Waals surface area contributed by atoms with E-state index in [9.17, 15) is 48.8 Å². The second-order valence-corrected chi connectivity index (χ2v) is 14.1. The molecule has 0 bridgehead atoms. The van der Waals surface area contributed by atoms with Crippen LogP contribution < -0.4 is 21.7 Å². The topological polar surface area (TPSA) is 334 Å². The van der Waals surface area contributed by atoms with Gasteiger partial charge in [-0.05, 0) is 71.6 Å². The van der Waals surface area contributed by atoms with Gasteiger partial charge in [0, 0.05) is 16.8 Å². The summed E-state index contributed by atoms with van der Waals surface area (Å²) in [5.74, 6) is -1.54. The zero-order chi connectivity index (χ0) is 36.6. The zero-order valence-electron chi connectivity index (χ0n) is 24.3. The van der Waals surface area contributed by atoms with Gasteiger partial charge in [0.15, 0.2) is 5.75 Å². The van der Waals surface area contributed by atoms with Crippen molar-refractivity contribution in [3.63, 3.8) is 0 Å². The molecule has 0 radical (unpaired) electrons. The number of nitrogens with two attached hydrogens (primary N) is 1. The zero-order valence-corrected chi connectivity index (χ0v) is 27.5. The molecule has 0 saturated carbocycles. The number of fused-ring (bicyclic) bond motifs is 1. The molecule has 24 heteroatoms. The smallest absolute Gasteiger partial charge is 0.316 e. The molecule has 0 spiro atoms. The second kappa shape index (κ2) is 13.4. The van der Waals surface area contributed by atoms with Gasteiger partial charge < -0.3 is 40.4 Å². The van der Waals surface area contributed by atoms with Crippen LogP contribution in [0.5, 0.6) is 5.75 Å². The van der Waals surface area contributed by atoms with Crippen LogP contribution in [0.1, 0.15) is 0 Å². The van der Waals surface area contributed by atoms with Crippen LogP contribution in [-0.2, 0) is 30.4 Å². The van der Waals surface area contributed by atoms with Crippen molar-refractivity contribution in [1.29, 1.82) is 0 Å². The number of hydrogen-bond acceptors (Lipinski definition) is 18. The van der Waals surface area contributed by atoms with E-state index < -0.39 is 73.5 Å². The maximum absolute atomic E-state index is 12.2. The van der Waals surface area contributed by atoms with Crippen LogP contribution in [0.3, 0.4) is 0 Å². The van der Waals surface area contributed by atoms with Crippen molar-refractivity contribution in [2.45, 2.75) is 14.7 Å². The maximum atomic E-state index is 12.2. The summed E-state index contributed by atoms with van der Waals surface area (Å²) in [5.41, 5.74) is 3.30. The van der Waals surface area contributed by atoms with Crippen molar-refractivity contribution in [2.24, 2.45) is 16.0 Å². The highest BCUT2D eigenvalue weighted by molar-refractivity contribution is 7.86. The predicted molar refractivity (Wildman–Crippen MR) is 171 cm³/mol. The molecular weight excluding hydrogens is 746 g/mol. The maximum Gasteiger partial charge on any atom is 0.316 e. The van der Waals surface area contributed by atoms with Crippen LogP contribution in [0.25, 0.3) is 10.8 Å². The molecule has 2 amide bonds. The van der Waals surface area contributed by atoms with Crippen molar-refractivity contribution >= 4 is 99.1 Å². The summed E-state index contributed by atoms with van der Waals surface area (Å²) in [6, 6.07) is 11.4. The van der Waals surface area contributed by atoms with Crippen LogP contribution in [-0.4, -0.2) is 65.0 Å². The number of para-hydroxylation sites is 1. The van der Waals surface area contributed by atoms with Gasteiger partial charge in [-0.2, -0.15) is 15.0 Å². The Morgan fingerprint density at radius 3 is 2.00 bits per heavy atom. The van der Waals surface area contributed by atoms with Gasteiger partial charge in [-0.3, -0.25) is 0 Å². The van der Waals surface area contributed by atoms with Crippen LogP contribution in [0, 0.1) is 0 Å². The molecule has 6 N–H and O–H groups in total. The highest BCUT2D eigenvalue weighted by Gasteiger charge is 2.19. The van der Waals surface area contributed by atoms with Crippen LogP contribution in [0.4, 0.5) is 45.1 Å². The summed E-state index contributed by atoms with van der Waals surface area (Å²) < 4.78 is 107. The number of phenols is 1. The SMILES string of the molecule is NC(=O)Nc1ccc2c(O)c(N=Nc3cc(Nc4nc(Cl)nc(Nc5ccccc5S(=O)(=O)[O-])n4)ccc3S(=O)(=O)[O-])c(S(=O)(=O)[O-])cc2c1. The monoisotopic (exact) mass is 762 g/mol. The van der Waals surface area contributed by atoms with Gasteiger partial charge in [0.1, 0.15) is 41.7 Å². The van der Waals surface area contributed by atoms with E-state index in [4.69, 9.17) is 17.3 Å². The molecule has 1 heterocycles. The number of amides is 2. The Labute approximate surface area is 286 Å². The fourth-order valence-electron chi connectivity index (χ4n) is 4.35. The molecule has 0 saturated heterocycles. The number of rotatable bonds is 10. The largest absolute Gasteiger partial charge is 0.744 e. The lowest BCUT2D eigenvalue weighted by Gasteiger charge is -2.15. The lowest BCUT2D eigenvalue weighted by Crippen LogP contribution is -2.19. The first-order chi connectivity index (χ1) is 23.3. The molecule has 260 valence electrons. The minimum absolute atomic E-state index is 0.0424. The molecule has 50 heavy (non-hydrogen) atoms. The summed E-state index contributed by atoms with van der Waals surface area (Å²) in [7, 11) is -15.5.